The van der Waals surface area contributed by atoms with Gasteiger partial charge in [-0.05, 0) is 23.8 Å². The lowest BCUT2D eigenvalue weighted by Gasteiger charge is -2.08. The number of nitrogens with one attached hydrogen (secondary N) is 1. The molecule has 0 spiro atoms. The molecular formula is C16H16N2O. The van der Waals surface area contributed by atoms with Crippen molar-refractivity contribution in [3.63, 3.8) is 0 Å². The van der Waals surface area contributed by atoms with Gasteiger partial charge in [0.15, 0.2) is 0 Å². The highest BCUT2D eigenvalue weighted by Crippen LogP contribution is 2.08. The molecule has 0 aliphatic carbocycles. The Morgan fingerprint density at radius 2 is 1.74 bits per heavy atom. The summed E-state index contributed by atoms with van der Waals surface area (Å²) in [6.45, 7) is 2.04. The molecule has 0 fully saturated rings. The quantitative estimate of drug-likeness (QED) is 0.804. The van der Waals surface area contributed by atoms with Crippen LogP contribution in [0.3, 0.4) is 0 Å². The molecule has 0 unspecified atom stereocenters. The summed E-state index contributed by atoms with van der Waals surface area (Å²) >= 11 is 0. The lowest BCUT2D eigenvalue weighted by molar-refractivity contribution is 0.313. The smallest absolute Gasteiger partial charge is 0.119 e. The third kappa shape index (κ3) is 4.13. The largest absolute Gasteiger partial charge is 0.492 e. The van der Waals surface area contributed by atoms with Crippen molar-refractivity contribution in [2.75, 3.05) is 13.2 Å². The van der Waals surface area contributed by atoms with Crippen LogP contribution in [0.4, 0.5) is 0 Å². The SMILES string of the molecule is N#Cc1ccccc1CNCCOc1ccccc1. The molecule has 0 saturated heterocycles. The van der Waals surface area contributed by atoms with Crippen LogP contribution in [-0.2, 0) is 6.54 Å². The van der Waals surface area contributed by atoms with Crippen LogP contribution in [0.25, 0.3) is 0 Å². The third-order valence-corrected chi connectivity index (χ3v) is 2.74. The molecule has 2 aromatic rings. The van der Waals surface area contributed by atoms with Crippen molar-refractivity contribution in [2.45, 2.75) is 6.54 Å². The van der Waals surface area contributed by atoms with E-state index < -0.39 is 0 Å². The minimum atomic E-state index is 0.610. The summed E-state index contributed by atoms with van der Waals surface area (Å²) in [7, 11) is 0. The molecule has 2 rings (SSSR count). The van der Waals surface area contributed by atoms with Crippen molar-refractivity contribution in [2.24, 2.45) is 0 Å². The van der Waals surface area contributed by atoms with E-state index in [9.17, 15) is 0 Å². The van der Waals surface area contributed by atoms with Gasteiger partial charge in [0.25, 0.3) is 0 Å². The Labute approximate surface area is 113 Å². The number of rotatable bonds is 6. The molecule has 1 N–H and O–H groups in total. The fourth-order valence-corrected chi connectivity index (χ4v) is 1.76. The molecule has 3 nitrogen and oxygen atoms in total. The lowest BCUT2D eigenvalue weighted by atomic mass is 10.1. The van der Waals surface area contributed by atoms with Gasteiger partial charge in [0, 0.05) is 13.1 Å². The Morgan fingerprint density at radius 3 is 2.53 bits per heavy atom. The molecule has 0 aliphatic rings. The summed E-state index contributed by atoms with van der Waals surface area (Å²) in [4.78, 5) is 0. The lowest BCUT2D eigenvalue weighted by Crippen LogP contribution is -2.21. The van der Waals surface area contributed by atoms with E-state index in [4.69, 9.17) is 10.00 Å². The molecule has 0 amide bonds. The number of para-hydroxylation sites is 1. The number of hydrogen-bond acceptors (Lipinski definition) is 3. The minimum Gasteiger partial charge on any atom is -0.492 e. The normalized spacial score (nSPS) is 9.84. The highest BCUT2D eigenvalue weighted by Gasteiger charge is 1.99. The molecule has 0 bridgehead atoms. The van der Waals surface area contributed by atoms with E-state index in [-0.39, 0.29) is 0 Å². The van der Waals surface area contributed by atoms with Gasteiger partial charge in [-0.2, -0.15) is 5.26 Å². The second kappa shape index (κ2) is 7.20. The van der Waals surface area contributed by atoms with Gasteiger partial charge in [-0.3, -0.25) is 0 Å². The van der Waals surface area contributed by atoms with Crippen molar-refractivity contribution in [3.8, 4) is 11.8 Å². The molecule has 3 heteroatoms. The predicted molar refractivity (Wildman–Crippen MR) is 74.8 cm³/mol. The van der Waals surface area contributed by atoms with Gasteiger partial charge < -0.3 is 10.1 Å². The fourth-order valence-electron chi connectivity index (χ4n) is 1.76. The highest BCUT2D eigenvalue weighted by molar-refractivity contribution is 5.37. The maximum Gasteiger partial charge on any atom is 0.119 e. The average Bonchev–Trinajstić information content (AvgIpc) is 2.48. The summed E-state index contributed by atoms with van der Waals surface area (Å²) in [6.07, 6.45) is 0. The maximum atomic E-state index is 8.97. The maximum absolute atomic E-state index is 8.97. The molecule has 19 heavy (non-hydrogen) atoms. The summed E-state index contributed by atoms with van der Waals surface area (Å²) in [5.41, 5.74) is 1.74. The Bertz CT molecular complexity index is 546. The molecule has 0 atom stereocenters. The number of benzene rings is 2. The Kier molecular flexibility index (Phi) is 4.97. The molecule has 2 aromatic carbocycles. The van der Waals surface area contributed by atoms with E-state index in [0.717, 1.165) is 23.4 Å². The Morgan fingerprint density at radius 1 is 1.00 bits per heavy atom. The topological polar surface area (TPSA) is 45.0 Å². The number of nitriles is 1. The standard InChI is InChI=1S/C16H16N2O/c17-12-14-6-4-5-7-15(14)13-18-10-11-19-16-8-2-1-3-9-16/h1-9,18H,10-11,13H2. The second-order valence-corrected chi connectivity index (χ2v) is 4.11. The van der Waals surface area contributed by atoms with Gasteiger partial charge >= 0.3 is 0 Å². The summed E-state index contributed by atoms with van der Waals surface area (Å²) in [5, 5.41) is 12.2. The third-order valence-electron chi connectivity index (χ3n) is 2.74. The van der Waals surface area contributed by atoms with E-state index in [1.807, 2.05) is 54.6 Å². The van der Waals surface area contributed by atoms with Crippen LogP contribution < -0.4 is 10.1 Å². The van der Waals surface area contributed by atoms with Crippen LogP contribution in [0.2, 0.25) is 0 Å². The molecule has 96 valence electrons. The first-order chi connectivity index (χ1) is 9.40. The monoisotopic (exact) mass is 252 g/mol. The van der Waals surface area contributed by atoms with Gasteiger partial charge in [0.1, 0.15) is 12.4 Å². The second-order valence-electron chi connectivity index (χ2n) is 4.11. The van der Waals surface area contributed by atoms with Gasteiger partial charge in [0.05, 0.1) is 11.6 Å². The molecule has 0 aliphatic heterocycles. The number of nitrogens with zero attached hydrogens (tertiary/aromatic N) is 1. The van der Waals surface area contributed by atoms with E-state index in [0.29, 0.717) is 13.2 Å². The van der Waals surface area contributed by atoms with Crippen LogP contribution >= 0.6 is 0 Å². The molecule has 0 saturated carbocycles. The van der Waals surface area contributed by atoms with E-state index >= 15 is 0 Å². The summed E-state index contributed by atoms with van der Waals surface area (Å²) in [6, 6.07) is 19.5. The zero-order chi connectivity index (χ0) is 13.3. The van der Waals surface area contributed by atoms with Crippen molar-refractivity contribution >= 4 is 0 Å². The van der Waals surface area contributed by atoms with Crippen molar-refractivity contribution in [1.29, 1.82) is 5.26 Å². The van der Waals surface area contributed by atoms with E-state index in [1.165, 1.54) is 0 Å². The van der Waals surface area contributed by atoms with Gasteiger partial charge in [-0.1, -0.05) is 36.4 Å². The van der Waals surface area contributed by atoms with Crippen LogP contribution in [0.15, 0.2) is 54.6 Å². The Hall–Kier alpha value is -2.31. The number of hydrogen-bond donors (Lipinski definition) is 1. The zero-order valence-corrected chi connectivity index (χ0v) is 10.7. The highest BCUT2D eigenvalue weighted by atomic mass is 16.5. The van der Waals surface area contributed by atoms with Crippen molar-refractivity contribution in [3.05, 3.63) is 65.7 Å². The minimum absolute atomic E-state index is 0.610. The number of ether oxygens (including phenoxy) is 1. The zero-order valence-electron chi connectivity index (χ0n) is 10.7. The van der Waals surface area contributed by atoms with Gasteiger partial charge in [0.2, 0.25) is 0 Å². The summed E-state index contributed by atoms with van der Waals surface area (Å²) < 4.78 is 5.57. The van der Waals surface area contributed by atoms with E-state index in [1.54, 1.807) is 0 Å². The van der Waals surface area contributed by atoms with Gasteiger partial charge in [-0.15, -0.1) is 0 Å². The van der Waals surface area contributed by atoms with Crippen molar-refractivity contribution in [1.82, 2.24) is 5.32 Å². The van der Waals surface area contributed by atoms with Crippen LogP contribution in [0, 0.1) is 11.3 Å². The van der Waals surface area contributed by atoms with Gasteiger partial charge in [-0.25, -0.2) is 0 Å². The first kappa shape index (κ1) is 13.1. The molecule has 0 heterocycles. The first-order valence-corrected chi connectivity index (χ1v) is 6.27. The van der Waals surface area contributed by atoms with Crippen LogP contribution in [-0.4, -0.2) is 13.2 Å². The van der Waals surface area contributed by atoms with E-state index in [2.05, 4.69) is 11.4 Å². The van der Waals surface area contributed by atoms with Crippen LogP contribution in [0.1, 0.15) is 11.1 Å². The van der Waals surface area contributed by atoms with Crippen molar-refractivity contribution < 1.29 is 4.74 Å². The molecule has 0 aromatic heterocycles. The molecule has 0 radical (unpaired) electrons. The molecular weight excluding hydrogens is 236 g/mol. The fraction of sp³-hybridized carbons (Fsp3) is 0.188. The van der Waals surface area contributed by atoms with Crippen LogP contribution in [0.5, 0.6) is 5.75 Å². The Balaban J connectivity index is 1.71. The average molecular weight is 252 g/mol. The first-order valence-electron chi connectivity index (χ1n) is 6.27. The summed E-state index contributed by atoms with van der Waals surface area (Å²) in [5.74, 6) is 0.877. The predicted octanol–water partition coefficient (Wildman–Crippen LogP) is 2.73.